The lowest BCUT2D eigenvalue weighted by atomic mass is 9.92. The second kappa shape index (κ2) is 9.25. The zero-order chi connectivity index (χ0) is 17.5. The van der Waals surface area contributed by atoms with Crippen molar-refractivity contribution in [2.75, 3.05) is 40.5 Å². The quantitative estimate of drug-likeness (QED) is 0.790. The summed E-state index contributed by atoms with van der Waals surface area (Å²) in [4.78, 5) is 2.35. The van der Waals surface area contributed by atoms with Gasteiger partial charge in [0.25, 0.3) is 0 Å². The Kier molecular flexibility index (Phi) is 7.34. The minimum atomic E-state index is -0.473. The van der Waals surface area contributed by atoms with Gasteiger partial charge >= 0.3 is 0 Å². The Morgan fingerprint density at radius 1 is 1.17 bits per heavy atom. The smallest absolute Gasteiger partial charge is 0.124 e. The molecule has 1 aromatic rings. The summed E-state index contributed by atoms with van der Waals surface area (Å²) in [5.41, 5.74) is 0.921. The van der Waals surface area contributed by atoms with Crippen LogP contribution in [0.3, 0.4) is 0 Å². The van der Waals surface area contributed by atoms with Crippen LogP contribution >= 0.6 is 0 Å². The Bertz CT molecular complexity index is 498. The van der Waals surface area contributed by atoms with E-state index in [1.54, 1.807) is 14.2 Å². The molecule has 0 spiro atoms. The molecule has 0 radical (unpaired) electrons. The van der Waals surface area contributed by atoms with Gasteiger partial charge in [0.05, 0.1) is 33.5 Å². The first-order valence-corrected chi connectivity index (χ1v) is 8.70. The first-order valence-electron chi connectivity index (χ1n) is 8.70. The third-order valence-electron chi connectivity index (χ3n) is 4.47. The van der Waals surface area contributed by atoms with E-state index in [0.29, 0.717) is 31.6 Å². The van der Waals surface area contributed by atoms with Crippen LogP contribution in [0.15, 0.2) is 18.2 Å². The van der Waals surface area contributed by atoms with Crippen LogP contribution < -0.4 is 9.47 Å². The van der Waals surface area contributed by atoms with E-state index < -0.39 is 6.10 Å². The van der Waals surface area contributed by atoms with E-state index in [4.69, 9.17) is 14.2 Å². The molecule has 0 saturated carbocycles. The van der Waals surface area contributed by atoms with Gasteiger partial charge in [-0.15, -0.1) is 0 Å². The lowest BCUT2D eigenvalue weighted by Gasteiger charge is -2.35. The fourth-order valence-corrected chi connectivity index (χ4v) is 3.59. The first-order chi connectivity index (χ1) is 11.5. The van der Waals surface area contributed by atoms with Crippen molar-refractivity contribution in [3.63, 3.8) is 0 Å². The second-order valence-electron chi connectivity index (χ2n) is 7.01. The summed E-state index contributed by atoms with van der Waals surface area (Å²) in [5.74, 6) is 2.93. The molecule has 5 heteroatoms. The summed E-state index contributed by atoms with van der Waals surface area (Å²) in [6, 6.07) is 5.62. The number of hydrogen-bond acceptors (Lipinski definition) is 5. The molecule has 24 heavy (non-hydrogen) atoms. The van der Waals surface area contributed by atoms with E-state index in [9.17, 15) is 5.11 Å². The first kappa shape index (κ1) is 19.0. The number of aliphatic hydroxyl groups excluding tert-OH is 1. The van der Waals surface area contributed by atoms with Crippen LogP contribution in [0, 0.1) is 11.8 Å². The highest BCUT2D eigenvalue weighted by Gasteiger charge is 2.23. The predicted octanol–water partition coefficient (Wildman–Crippen LogP) is 2.56. The van der Waals surface area contributed by atoms with E-state index in [-0.39, 0.29) is 0 Å². The average Bonchev–Trinajstić information content (AvgIpc) is 2.53. The molecule has 0 aromatic heterocycles. The molecule has 136 valence electrons. The van der Waals surface area contributed by atoms with Gasteiger partial charge in [0, 0.05) is 25.2 Å². The van der Waals surface area contributed by atoms with Crippen LogP contribution in [0.2, 0.25) is 0 Å². The lowest BCUT2D eigenvalue weighted by molar-refractivity contribution is -0.00131. The molecule has 1 aromatic carbocycles. The number of ether oxygens (including phenoxy) is 3. The van der Waals surface area contributed by atoms with Gasteiger partial charge in [-0.1, -0.05) is 13.8 Å². The van der Waals surface area contributed by atoms with Gasteiger partial charge in [0.1, 0.15) is 11.5 Å². The van der Waals surface area contributed by atoms with Crippen molar-refractivity contribution >= 4 is 0 Å². The molecule has 1 saturated heterocycles. The van der Waals surface area contributed by atoms with Crippen LogP contribution in [0.1, 0.15) is 25.8 Å². The Morgan fingerprint density at radius 3 is 2.50 bits per heavy atom. The van der Waals surface area contributed by atoms with Gasteiger partial charge < -0.3 is 24.2 Å². The number of methoxy groups -OCH3 is 2. The van der Waals surface area contributed by atoms with Gasteiger partial charge in [-0.2, -0.15) is 0 Å². The van der Waals surface area contributed by atoms with Crippen molar-refractivity contribution in [2.24, 2.45) is 11.8 Å². The maximum absolute atomic E-state index is 10.3. The van der Waals surface area contributed by atoms with Gasteiger partial charge in [-0.05, 0) is 36.5 Å². The number of β-amino-alcohol motifs (C(OH)–C–C–N with tert-alkyl or cyclic N) is 1. The van der Waals surface area contributed by atoms with E-state index in [0.717, 1.165) is 30.2 Å². The zero-order valence-corrected chi connectivity index (χ0v) is 15.3. The predicted molar refractivity (Wildman–Crippen MR) is 94.6 cm³/mol. The highest BCUT2D eigenvalue weighted by molar-refractivity contribution is 5.39. The number of hydrogen-bond donors (Lipinski definition) is 1. The number of nitrogens with zero attached hydrogens (tertiary/aromatic N) is 1. The molecular formula is C19H31NO4. The van der Waals surface area contributed by atoms with Gasteiger partial charge in [-0.25, -0.2) is 0 Å². The van der Waals surface area contributed by atoms with Crippen LogP contribution in [0.5, 0.6) is 11.5 Å². The summed E-state index contributed by atoms with van der Waals surface area (Å²) >= 11 is 0. The number of benzene rings is 1. The fraction of sp³-hybridized carbons (Fsp3) is 0.684. The summed E-state index contributed by atoms with van der Waals surface area (Å²) < 4.78 is 16.3. The monoisotopic (exact) mass is 337 g/mol. The molecule has 1 heterocycles. The van der Waals surface area contributed by atoms with Crippen LogP contribution in [0.4, 0.5) is 0 Å². The molecule has 1 fully saturated rings. The third kappa shape index (κ3) is 5.65. The molecule has 0 bridgehead atoms. The largest absolute Gasteiger partial charge is 0.497 e. The van der Waals surface area contributed by atoms with Crippen molar-refractivity contribution in [3.8, 4) is 11.5 Å². The standard InChI is InChI=1S/C19H31NO4/c1-14-7-15(2)10-20(9-14)11-17(21)13-24-12-16-8-18(22-3)5-6-19(16)23-4/h5-6,8,14-15,17,21H,7,9-13H2,1-4H3/t14-,15-,17+/m0/s1. The third-order valence-corrected chi connectivity index (χ3v) is 4.47. The molecule has 1 aliphatic rings. The van der Waals surface area contributed by atoms with E-state index in [1.807, 2.05) is 18.2 Å². The molecule has 0 unspecified atom stereocenters. The number of likely N-dealkylation sites (tertiary alicyclic amines) is 1. The topological polar surface area (TPSA) is 51.2 Å². The van der Waals surface area contributed by atoms with Crippen molar-refractivity contribution in [2.45, 2.75) is 33.0 Å². The second-order valence-corrected chi connectivity index (χ2v) is 7.01. The van der Waals surface area contributed by atoms with Crippen LogP contribution in [-0.2, 0) is 11.3 Å². The summed E-state index contributed by atoms with van der Waals surface area (Å²) in [6.45, 7) is 8.06. The van der Waals surface area contributed by atoms with Crippen molar-refractivity contribution in [1.29, 1.82) is 0 Å². The molecule has 1 aliphatic heterocycles. The SMILES string of the molecule is COc1ccc(OC)c(COC[C@H](O)CN2C[C@@H](C)C[C@H](C)C2)c1. The van der Waals surface area contributed by atoms with Crippen LogP contribution in [-0.4, -0.2) is 56.6 Å². The van der Waals surface area contributed by atoms with Crippen LogP contribution in [0.25, 0.3) is 0 Å². The van der Waals surface area contributed by atoms with Crippen molar-refractivity contribution < 1.29 is 19.3 Å². The summed E-state index contributed by atoms with van der Waals surface area (Å²) in [6.07, 6.45) is 0.803. The minimum Gasteiger partial charge on any atom is -0.497 e. The van der Waals surface area contributed by atoms with Gasteiger partial charge in [0.15, 0.2) is 0 Å². The molecule has 3 atom stereocenters. The number of piperidine rings is 1. The summed E-state index contributed by atoms with van der Waals surface area (Å²) in [7, 11) is 3.27. The highest BCUT2D eigenvalue weighted by atomic mass is 16.5. The average molecular weight is 337 g/mol. The zero-order valence-electron chi connectivity index (χ0n) is 15.3. The molecule has 1 N–H and O–H groups in total. The van der Waals surface area contributed by atoms with E-state index >= 15 is 0 Å². The minimum absolute atomic E-state index is 0.319. The van der Waals surface area contributed by atoms with E-state index in [1.165, 1.54) is 6.42 Å². The Labute approximate surface area is 145 Å². The molecule has 2 rings (SSSR count). The molecule has 0 amide bonds. The lowest BCUT2D eigenvalue weighted by Crippen LogP contribution is -2.43. The van der Waals surface area contributed by atoms with Gasteiger partial charge in [0.2, 0.25) is 0 Å². The Morgan fingerprint density at radius 2 is 1.88 bits per heavy atom. The van der Waals surface area contributed by atoms with Gasteiger partial charge in [-0.3, -0.25) is 0 Å². The van der Waals surface area contributed by atoms with E-state index in [2.05, 4.69) is 18.7 Å². The maximum atomic E-state index is 10.3. The maximum Gasteiger partial charge on any atom is 0.124 e. The summed E-state index contributed by atoms with van der Waals surface area (Å²) in [5, 5.41) is 10.3. The Balaban J connectivity index is 1.79. The number of rotatable bonds is 8. The Hall–Kier alpha value is -1.30. The van der Waals surface area contributed by atoms with Crippen molar-refractivity contribution in [3.05, 3.63) is 23.8 Å². The normalized spacial score (nSPS) is 23.0. The highest BCUT2D eigenvalue weighted by Crippen LogP contribution is 2.25. The molecule has 0 aliphatic carbocycles. The molecular weight excluding hydrogens is 306 g/mol. The number of aliphatic hydroxyl groups is 1. The molecule has 5 nitrogen and oxygen atoms in total. The fourth-order valence-electron chi connectivity index (χ4n) is 3.59. The van der Waals surface area contributed by atoms with Crippen molar-refractivity contribution in [1.82, 2.24) is 4.90 Å².